The van der Waals surface area contributed by atoms with E-state index in [4.69, 9.17) is 0 Å². The van der Waals surface area contributed by atoms with E-state index in [1.54, 1.807) is 0 Å². The van der Waals surface area contributed by atoms with Gasteiger partial charge in [-0.05, 0) is 72.1 Å². The van der Waals surface area contributed by atoms with Gasteiger partial charge in [-0.1, -0.05) is 79.0 Å². The van der Waals surface area contributed by atoms with Crippen LogP contribution in [0.4, 0.5) is 0 Å². The largest absolute Gasteiger partial charge is 0.387 e. The molecule has 0 unspecified atom stereocenters. The first-order valence-corrected chi connectivity index (χ1v) is 11.4. The molecule has 0 saturated carbocycles. The molecule has 0 aliphatic heterocycles. The highest BCUT2D eigenvalue weighted by atomic mass is 79.9. The van der Waals surface area contributed by atoms with Crippen molar-refractivity contribution in [1.29, 1.82) is 0 Å². The molecule has 3 aromatic carbocycles. The summed E-state index contributed by atoms with van der Waals surface area (Å²) in [4.78, 5) is 2.46. The molecule has 2 atom stereocenters. The van der Waals surface area contributed by atoms with Crippen molar-refractivity contribution in [1.82, 2.24) is 4.90 Å². The van der Waals surface area contributed by atoms with Crippen molar-refractivity contribution in [2.75, 3.05) is 13.1 Å². The first kappa shape index (κ1) is 21.3. The van der Waals surface area contributed by atoms with Gasteiger partial charge in [-0.25, -0.2) is 0 Å². The van der Waals surface area contributed by atoms with E-state index >= 15 is 0 Å². The number of hydrogen-bond acceptors (Lipinski definition) is 2. The average Bonchev–Trinajstić information content (AvgIpc) is 2.73. The molecular weight excluding hydrogens is 410 g/mol. The summed E-state index contributed by atoms with van der Waals surface area (Å²) in [6.07, 6.45) is 4.24. The van der Waals surface area contributed by atoms with Crippen LogP contribution in [0, 0.1) is 0 Å². The van der Waals surface area contributed by atoms with Crippen molar-refractivity contribution in [3.8, 4) is 0 Å². The van der Waals surface area contributed by atoms with E-state index in [0.717, 1.165) is 23.1 Å². The highest BCUT2D eigenvalue weighted by molar-refractivity contribution is 9.10. The molecule has 28 heavy (non-hydrogen) atoms. The summed E-state index contributed by atoms with van der Waals surface area (Å²) >= 11 is 3.70. The van der Waals surface area contributed by atoms with Crippen LogP contribution in [0.3, 0.4) is 0 Å². The van der Waals surface area contributed by atoms with Gasteiger partial charge >= 0.3 is 0 Å². The van der Waals surface area contributed by atoms with Crippen LogP contribution in [0.25, 0.3) is 21.5 Å². The summed E-state index contributed by atoms with van der Waals surface area (Å²) in [5.74, 6) is 0. The minimum Gasteiger partial charge on any atom is -0.387 e. The normalized spacial score (nSPS) is 14.1. The highest BCUT2D eigenvalue weighted by Gasteiger charge is 2.23. The highest BCUT2D eigenvalue weighted by Crippen LogP contribution is 2.34. The van der Waals surface area contributed by atoms with E-state index in [0.29, 0.717) is 0 Å². The van der Waals surface area contributed by atoms with Gasteiger partial charge in [-0.3, -0.25) is 4.90 Å². The summed E-state index contributed by atoms with van der Waals surface area (Å²) in [7, 11) is 0. The van der Waals surface area contributed by atoms with Gasteiger partial charge in [0.15, 0.2) is 0 Å². The third-order valence-corrected chi connectivity index (χ3v) is 6.46. The van der Waals surface area contributed by atoms with Gasteiger partial charge in [-0.15, -0.1) is 0 Å². The summed E-state index contributed by atoms with van der Waals surface area (Å²) in [6, 6.07) is 17.1. The monoisotopic (exact) mass is 441 g/mol. The molecule has 2 nitrogen and oxygen atoms in total. The molecule has 0 spiro atoms. The SMILES string of the molecule is CCCCN(CCCC)[C@H](C)[C@H](O)c1ccc2cc(Br)c3ccccc3c2c1. The van der Waals surface area contributed by atoms with Gasteiger partial charge in [0.2, 0.25) is 0 Å². The zero-order valence-electron chi connectivity index (χ0n) is 17.3. The number of aliphatic hydroxyl groups excluding tert-OH is 1. The molecule has 0 aliphatic rings. The fourth-order valence-electron chi connectivity index (χ4n) is 3.98. The Balaban J connectivity index is 1.95. The zero-order valence-corrected chi connectivity index (χ0v) is 18.9. The Morgan fingerprint density at radius 3 is 2.18 bits per heavy atom. The first-order chi connectivity index (χ1) is 13.6. The van der Waals surface area contributed by atoms with Gasteiger partial charge in [-0.2, -0.15) is 0 Å². The lowest BCUT2D eigenvalue weighted by Gasteiger charge is -2.32. The summed E-state index contributed by atoms with van der Waals surface area (Å²) in [5, 5.41) is 16.0. The number of unbranched alkanes of at least 4 members (excludes halogenated alkanes) is 2. The van der Waals surface area contributed by atoms with Gasteiger partial charge in [0, 0.05) is 10.5 Å². The second-order valence-electron chi connectivity index (χ2n) is 7.81. The number of halogens is 1. The number of rotatable bonds is 9. The smallest absolute Gasteiger partial charge is 0.0942 e. The van der Waals surface area contributed by atoms with Crippen molar-refractivity contribution in [2.24, 2.45) is 0 Å². The summed E-state index contributed by atoms with van der Waals surface area (Å²) < 4.78 is 1.11. The van der Waals surface area contributed by atoms with Crippen LogP contribution in [0.1, 0.15) is 58.1 Å². The topological polar surface area (TPSA) is 23.5 Å². The van der Waals surface area contributed by atoms with Crippen LogP contribution in [0.15, 0.2) is 53.0 Å². The predicted molar refractivity (Wildman–Crippen MR) is 125 cm³/mol. The van der Waals surface area contributed by atoms with Crippen LogP contribution in [-0.2, 0) is 0 Å². The summed E-state index contributed by atoms with van der Waals surface area (Å²) in [6.45, 7) is 8.73. The lowest BCUT2D eigenvalue weighted by molar-refractivity contribution is 0.0561. The molecular formula is C25H32BrNO. The minimum absolute atomic E-state index is 0.109. The lowest BCUT2D eigenvalue weighted by atomic mass is 9.95. The maximum Gasteiger partial charge on any atom is 0.0942 e. The van der Waals surface area contributed by atoms with Crippen molar-refractivity contribution in [3.63, 3.8) is 0 Å². The maximum absolute atomic E-state index is 11.2. The molecule has 0 amide bonds. The molecule has 0 fully saturated rings. The van der Waals surface area contributed by atoms with Gasteiger partial charge in [0.1, 0.15) is 0 Å². The van der Waals surface area contributed by atoms with Crippen LogP contribution in [0.2, 0.25) is 0 Å². The van der Waals surface area contributed by atoms with Crippen molar-refractivity contribution < 1.29 is 5.11 Å². The Morgan fingerprint density at radius 2 is 1.54 bits per heavy atom. The Labute approximate surface area is 177 Å². The minimum atomic E-state index is -0.486. The van der Waals surface area contributed by atoms with E-state index in [2.05, 4.69) is 90.1 Å². The van der Waals surface area contributed by atoms with Gasteiger partial charge < -0.3 is 5.11 Å². The third-order valence-electron chi connectivity index (χ3n) is 5.81. The number of aliphatic hydroxyl groups is 1. The molecule has 3 aromatic rings. The molecule has 1 N–H and O–H groups in total. The molecule has 0 saturated heterocycles. The van der Waals surface area contributed by atoms with Crippen molar-refractivity contribution >= 4 is 37.5 Å². The Hall–Kier alpha value is -1.42. The van der Waals surface area contributed by atoms with E-state index in [9.17, 15) is 5.11 Å². The zero-order chi connectivity index (χ0) is 20.1. The van der Waals surface area contributed by atoms with Crippen molar-refractivity contribution in [3.05, 3.63) is 58.6 Å². The number of benzene rings is 3. The molecule has 0 aromatic heterocycles. The third kappa shape index (κ3) is 4.59. The quantitative estimate of drug-likeness (QED) is 0.358. The standard InChI is InChI=1S/C25H32BrNO/c1-4-6-14-27(15-7-5-2)18(3)25(28)20-13-12-19-17-24(26)22-11-9-8-10-21(22)23(19)16-20/h8-13,16-18,25,28H,4-7,14-15H2,1-3H3/t18-,25+/m1/s1. The Bertz CT molecular complexity index is 915. The first-order valence-electron chi connectivity index (χ1n) is 10.6. The number of nitrogens with zero attached hydrogens (tertiary/aromatic N) is 1. The van der Waals surface area contributed by atoms with Gasteiger partial charge in [0.25, 0.3) is 0 Å². The fourth-order valence-corrected chi connectivity index (χ4v) is 4.57. The Kier molecular flexibility index (Phi) is 7.50. The van der Waals surface area contributed by atoms with Crippen LogP contribution in [-0.4, -0.2) is 29.1 Å². The fraction of sp³-hybridized carbons (Fsp3) is 0.440. The van der Waals surface area contributed by atoms with E-state index in [-0.39, 0.29) is 6.04 Å². The molecule has 150 valence electrons. The second kappa shape index (κ2) is 9.87. The molecule has 3 heteroatoms. The molecule has 0 aliphatic carbocycles. The molecule has 0 bridgehead atoms. The average molecular weight is 442 g/mol. The number of fused-ring (bicyclic) bond motifs is 3. The lowest BCUT2D eigenvalue weighted by Crippen LogP contribution is -2.39. The van der Waals surface area contributed by atoms with Crippen LogP contribution < -0.4 is 0 Å². The van der Waals surface area contributed by atoms with E-state index in [1.807, 2.05) is 0 Å². The molecule has 0 heterocycles. The Morgan fingerprint density at radius 1 is 0.893 bits per heavy atom. The van der Waals surface area contributed by atoms with E-state index in [1.165, 1.54) is 47.2 Å². The second-order valence-corrected chi connectivity index (χ2v) is 8.67. The van der Waals surface area contributed by atoms with Crippen molar-refractivity contribution in [2.45, 2.75) is 58.6 Å². The van der Waals surface area contributed by atoms with E-state index < -0.39 is 6.10 Å². The molecule has 3 rings (SSSR count). The van der Waals surface area contributed by atoms with Crippen LogP contribution in [0.5, 0.6) is 0 Å². The molecule has 0 radical (unpaired) electrons. The van der Waals surface area contributed by atoms with Crippen LogP contribution >= 0.6 is 15.9 Å². The van der Waals surface area contributed by atoms with Gasteiger partial charge in [0.05, 0.1) is 6.10 Å². The number of hydrogen-bond donors (Lipinski definition) is 1. The summed E-state index contributed by atoms with van der Waals surface area (Å²) in [5.41, 5.74) is 1.01. The predicted octanol–water partition coefficient (Wildman–Crippen LogP) is 7.08. The maximum atomic E-state index is 11.2.